The van der Waals surface area contributed by atoms with Crippen LogP contribution in [0.25, 0.3) is 0 Å². The third kappa shape index (κ3) is 7.39. The third-order valence-corrected chi connectivity index (χ3v) is 6.29. The standard InChI is InChI=1S/C24H43N3O4/c1-16-12-11-15-27(16)20(28)19(23(2,3)4)26-22(30)25-18(17-13-9-8-10-14-17)21(29)31-24(5,6)7/h16-19H,8-15H2,1-7H3,(H2,25,26,30). The average molecular weight is 438 g/mol. The van der Waals surface area contributed by atoms with Crippen molar-refractivity contribution in [1.82, 2.24) is 15.5 Å². The predicted molar refractivity (Wildman–Crippen MR) is 122 cm³/mol. The van der Waals surface area contributed by atoms with Gasteiger partial charge >= 0.3 is 12.0 Å². The first-order chi connectivity index (χ1) is 14.3. The molecule has 0 radical (unpaired) electrons. The SMILES string of the molecule is CC1CCCN1C(=O)C(NC(=O)NC(C(=O)OC(C)(C)C)C1CCCCC1)C(C)(C)C. The maximum absolute atomic E-state index is 13.2. The van der Waals surface area contributed by atoms with E-state index in [0.717, 1.165) is 51.5 Å². The quantitative estimate of drug-likeness (QED) is 0.636. The van der Waals surface area contributed by atoms with E-state index >= 15 is 0 Å². The fourth-order valence-corrected chi connectivity index (χ4v) is 4.59. The Morgan fingerprint density at radius 3 is 2.00 bits per heavy atom. The summed E-state index contributed by atoms with van der Waals surface area (Å²) >= 11 is 0. The molecule has 2 fully saturated rings. The van der Waals surface area contributed by atoms with Gasteiger partial charge in [0.05, 0.1) is 0 Å². The Morgan fingerprint density at radius 1 is 0.903 bits per heavy atom. The van der Waals surface area contributed by atoms with Crippen LogP contribution in [0, 0.1) is 11.3 Å². The number of nitrogens with zero attached hydrogens (tertiary/aromatic N) is 1. The number of nitrogens with one attached hydrogen (secondary N) is 2. The lowest BCUT2D eigenvalue weighted by Gasteiger charge is -2.36. The Balaban J connectivity index is 2.14. The second-order valence-electron chi connectivity index (χ2n) is 11.3. The van der Waals surface area contributed by atoms with E-state index in [9.17, 15) is 14.4 Å². The van der Waals surface area contributed by atoms with Crippen molar-refractivity contribution in [3.8, 4) is 0 Å². The van der Waals surface area contributed by atoms with Crippen LogP contribution in [-0.4, -0.2) is 53.1 Å². The van der Waals surface area contributed by atoms with Crippen LogP contribution in [0.2, 0.25) is 0 Å². The van der Waals surface area contributed by atoms with Crippen LogP contribution in [0.1, 0.15) is 93.4 Å². The molecule has 1 aliphatic heterocycles. The highest BCUT2D eigenvalue weighted by molar-refractivity contribution is 5.90. The lowest BCUT2D eigenvalue weighted by molar-refractivity contribution is -0.159. The highest BCUT2D eigenvalue weighted by atomic mass is 16.6. The molecule has 0 aromatic heterocycles. The van der Waals surface area contributed by atoms with Crippen LogP contribution in [0.5, 0.6) is 0 Å². The van der Waals surface area contributed by atoms with Crippen molar-refractivity contribution in [2.24, 2.45) is 11.3 Å². The van der Waals surface area contributed by atoms with Crippen LogP contribution in [0.15, 0.2) is 0 Å². The normalized spacial score (nSPS) is 22.5. The van der Waals surface area contributed by atoms with Gasteiger partial charge < -0.3 is 20.3 Å². The van der Waals surface area contributed by atoms with E-state index in [0.29, 0.717) is 0 Å². The summed E-state index contributed by atoms with van der Waals surface area (Å²) in [6.45, 7) is 14.1. The van der Waals surface area contributed by atoms with Crippen LogP contribution >= 0.6 is 0 Å². The predicted octanol–water partition coefficient (Wildman–Crippen LogP) is 4.00. The van der Waals surface area contributed by atoms with Crippen molar-refractivity contribution < 1.29 is 19.1 Å². The van der Waals surface area contributed by atoms with E-state index in [1.165, 1.54) is 0 Å². The van der Waals surface area contributed by atoms with Gasteiger partial charge in [0, 0.05) is 12.6 Å². The maximum Gasteiger partial charge on any atom is 0.329 e. The summed E-state index contributed by atoms with van der Waals surface area (Å²) in [5.41, 5.74) is -1.08. The van der Waals surface area contributed by atoms with Crippen LogP contribution in [0.4, 0.5) is 4.79 Å². The molecule has 7 heteroatoms. The van der Waals surface area contributed by atoms with E-state index < -0.39 is 35.1 Å². The molecule has 0 bridgehead atoms. The number of rotatable bonds is 5. The van der Waals surface area contributed by atoms with Crippen LogP contribution < -0.4 is 10.6 Å². The summed E-state index contributed by atoms with van der Waals surface area (Å²) in [5, 5.41) is 5.77. The molecule has 2 N–H and O–H groups in total. The fraction of sp³-hybridized carbons (Fsp3) is 0.875. The summed E-state index contributed by atoms with van der Waals surface area (Å²) in [4.78, 5) is 41.0. The zero-order valence-electron chi connectivity index (χ0n) is 20.5. The summed E-state index contributed by atoms with van der Waals surface area (Å²) < 4.78 is 5.61. The molecule has 1 heterocycles. The number of carbonyl (C=O) groups is 3. The number of esters is 1. The van der Waals surface area contributed by atoms with Crippen molar-refractivity contribution >= 4 is 17.9 Å². The molecule has 3 amide bonds. The largest absolute Gasteiger partial charge is 0.458 e. The molecule has 0 aromatic carbocycles. The molecular weight excluding hydrogens is 394 g/mol. The summed E-state index contributed by atoms with van der Waals surface area (Å²) in [5.74, 6) is -0.405. The first-order valence-corrected chi connectivity index (χ1v) is 11.9. The van der Waals surface area contributed by atoms with Gasteiger partial charge in [0.25, 0.3) is 0 Å². The van der Waals surface area contributed by atoms with Gasteiger partial charge in [0.15, 0.2) is 0 Å². The van der Waals surface area contributed by atoms with E-state index in [2.05, 4.69) is 10.6 Å². The minimum absolute atomic E-state index is 0.0525. The number of hydrogen-bond donors (Lipinski definition) is 2. The number of urea groups is 1. The lowest BCUT2D eigenvalue weighted by atomic mass is 9.83. The molecule has 31 heavy (non-hydrogen) atoms. The Kier molecular flexibility index (Phi) is 8.40. The Hall–Kier alpha value is -1.79. The van der Waals surface area contributed by atoms with Gasteiger partial charge in [-0.15, -0.1) is 0 Å². The lowest BCUT2D eigenvalue weighted by Crippen LogP contribution is -2.60. The Labute approximate surface area is 188 Å². The molecule has 3 atom stereocenters. The van der Waals surface area contributed by atoms with Crippen molar-refractivity contribution in [2.45, 2.75) is 117 Å². The fourth-order valence-electron chi connectivity index (χ4n) is 4.59. The summed E-state index contributed by atoms with van der Waals surface area (Å²) in [7, 11) is 0. The van der Waals surface area contributed by atoms with Gasteiger partial charge in [-0.2, -0.15) is 0 Å². The van der Waals surface area contributed by atoms with Crippen LogP contribution in [0.3, 0.4) is 0 Å². The smallest absolute Gasteiger partial charge is 0.329 e. The first kappa shape index (κ1) is 25.5. The van der Waals surface area contributed by atoms with E-state index in [1.807, 2.05) is 53.4 Å². The van der Waals surface area contributed by atoms with Gasteiger partial charge in [0.2, 0.25) is 5.91 Å². The zero-order chi connectivity index (χ0) is 23.4. The van der Waals surface area contributed by atoms with E-state index in [4.69, 9.17) is 4.74 Å². The Bertz CT molecular complexity index is 644. The van der Waals surface area contributed by atoms with E-state index in [1.54, 1.807) is 0 Å². The van der Waals surface area contributed by atoms with Gasteiger partial charge in [-0.25, -0.2) is 9.59 Å². The van der Waals surface area contributed by atoms with Gasteiger partial charge in [-0.3, -0.25) is 4.79 Å². The van der Waals surface area contributed by atoms with Crippen molar-refractivity contribution in [3.63, 3.8) is 0 Å². The number of amides is 3. The topological polar surface area (TPSA) is 87.7 Å². The molecule has 0 aromatic rings. The zero-order valence-corrected chi connectivity index (χ0v) is 20.5. The van der Waals surface area contributed by atoms with Gasteiger partial charge in [-0.1, -0.05) is 40.0 Å². The molecule has 2 rings (SSSR count). The molecule has 0 spiro atoms. The molecular formula is C24H43N3O4. The van der Waals surface area contributed by atoms with E-state index in [-0.39, 0.29) is 17.9 Å². The van der Waals surface area contributed by atoms with Crippen molar-refractivity contribution in [3.05, 3.63) is 0 Å². The van der Waals surface area contributed by atoms with Gasteiger partial charge in [0.1, 0.15) is 17.7 Å². The third-order valence-electron chi connectivity index (χ3n) is 6.29. The molecule has 2 aliphatic rings. The molecule has 1 saturated carbocycles. The number of carbonyl (C=O) groups excluding carboxylic acids is 3. The maximum atomic E-state index is 13.2. The monoisotopic (exact) mass is 437 g/mol. The molecule has 1 aliphatic carbocycles. The second kappa shape index (κ2) is 10.2. The van der Waals surface area contributed by atoms with Crippen molar-refractivity contribution in [2.75, 3.05) is 6.54 Å². The highest BCUT2D eigenvalue weighted by Gasteiger charge is 2.40. The second-order valence-corrected chi connectivity index (χ2v) is 11.3. The summed E-state index contributed by atoms with van der Waals surface area (Å²) in [6.07, 6.45) is 6.98. The van der Waals surface area contributed by atoms with Gasteiger partial charge in [-0.05, 0) is 64.7 Å². The molecule has 178 valence electrons. The number of ether oxygens (including phenoxy) is 1. The molecule has 1 saturated heterocycles. The van der Waals surface area contributed by atoms with Crippen molar-refractivity contribution in [1.29, 1.82) is 0 Å². The van der Waals surface area contributed by atoms with Crippen LogP contribution in [-0.2, 0) is 14.3 Å². The minimum atomic E-state index is -0.707. The minimum Gasteiger partial charge on any atom is -0.458 e. The Morgan fingerprint density at radius 2 is 1.52 bits per heavy atom. The highest BCUT2D eigenvalue weighted by Crippen LogP contribution is 2.29. The molecule has 7 nitrogen and oxygen atoms in total. The number of hydrogen-bond acceptors (Lipinski definition) is 4. The molecule has 3 unspecified atom stereocenters. The first-order valence-electron chi connectivity index (χ1n) is 11.9. The number of likely N-dealkylation sites (tertiary alicyclic amines) is 1. The summed E-state index contributed by atoms with van der Waals surface area (Å²) in [6, 6.07) is -1.68. The average Bonchev–Trinajstić information content (AvgIpc) is 3.08.